The second kappa shape index (κ2) is 7.27. The molecule has 1 atom stereocenters. The highest BCUT2D eigenvalue weighted by atomic mass is 16.5. The smallest absolute Gasteiger partial charge is 0.233 e. The average Bonchev–Trinajstić information content (AvgIpc) is 2.71. The molecule has 0 radical (unpaired) electrons. The Kier molecular flexibility index (Phi) is 5.83. The van der Waals surface area contributed by atoms with Crippen molar-refractivity contribution in [2.75, 3.05) is 26.2 Å². The van der Waals surface area contributed by atoms with E-state index in [4.69, 9.17) is 11.2 Å². The van der Waals surface area contributed by atoms with Crippen molar-refractivity contribution in [3.8, 4) is 12.3 Å². The first-order chi connectivity index (χ1) is 7.33. The molecule has 4 heteroatoms. The lowest BCUT2D eigenvalue weighted by Crippen LogP contribution is -2.35. The standard InChI is InChI=1S/C11H18N2O2/c1-2-6-12-9-11(14)13-7-5-10-4-3-8-15-10/h1,10,12H,3-9H2,(H,13,14). The van der Waals surface area contributed by atoms with Gasteiger partial charge in [0.15, 0.2) is 0 Å². The van der Waals surface area contributed by atoms with Gasteiger partial charge in [0, 0.05) is 13.2 Å². The van der Waals surface area contributed by atoms with E-state index >= 15 is 0 Å². The molecule has 1 unspecified atom stereocenters. The van der Waals surface area contributed by atoms with E-state index in [0.29, 0.717) is 19.2 Å². The number of hydrogen-bond acceptors (Lipinski definition) is 3. The first-order valence-electron chi connectivity index (χ1n) is 5.35. The zero-order valence-corrected chi connectivity index (χ0v) is 8.92. The van der Waals surface area contributed by atoms with Gasteiger partial charge in [-0.25, -0.2) is 0 Å². The zero-order chi connectivity index (χ0) is 10.9. The summed E-state index contributed by atoms with van der Waals surface area (Å²) in [6.07, 6.45) is 8.53. The van der Waals surface area contributed by atoms with Gasteiger partial charge in [-0.1, -0.05) is 5.92 Å². The molecule has 84 valence electrons. The third kappa shape index (κ3) is 5.40. The Balaban J connectivity index is 1.94. The molecule has 1 aliphatic rings. The van der Waals surface area contributed by atoms with Gasteiger partial charge < -0.3 is 10.1 Å². The highest BCUT2D eigenvalue weighted by Crippen LogP contribution is 2.14. The Bertz CT molecular complexity index is 229. The lowest BCUT2D eigenvalue weighted by Gasteiger charge is -2.09. The van der Waals surface area contributed by atoms with Crippen LogP contribution in [0.1, 0.15) is 19.3 Å². The van der Waals surface area contributed by atoms with Crippen LogP contribution in [0.4, 0.5) is 0 Å². The first kappa shape index (κ1) is 12.0. The van der Waals surface area contributed by atoms with Crippen molar-refractivity contribution in [3.63, 3.8) is 0 Å². The van der Waals surface area contributed by atoms with Gasteiger partial charge in [0.1, 0.15) is 0 Å². The third-order valence-corrected chi connectivity index (χ3v) is 2.33. The molecule has 1 fully saturated rings. The summed E-state index contributed by atoms with van der Waals surface area (Å²) < 4.78 is 5.44. The summed E-state index contributed by atoms with van der Waals surface area (Å²) >= 11 is 0. The number of carbonyl (C=O) groups excluding carboxylic acids is 1. The predicted molar refractivity (Wildman–Crippen MR) is 58.3 cm³/mol. The second-order valence-electron chi connectivity index (χ2n) is 3.58. The average molecular weight is 210 g/mol. The quantitative estimate of drug-likeness (QED) is 0.475. The van der Waals surface area contributed by atoms with E-state index in [1.165, 1.54) is 0 Å². The molecule has 0 aromatic carbocycles. The molecule has 4 nitrogen and oxygen atoms in total. The van der Waals surface area contributed by atoms with E-state index in [1.807, 2.05) is 0 Å². The minimum atomic E-state index is -0.0109. The van der Waals surface area contributed by atoms with Crippen LogP contribution in [0.25, 0.3) is 0 Å². The van der Waals surface area contributed by atoms with Crippen molar-refractivity contribution < 1.29 is 9.53 Å². The Morgan fingerprint density at radius 2 is 2.47 bits per heavy atom. The number of rotatable bonds is 6. The molecule has 0 aliphatic carbocycles. The number of ether oxygens (including phenoxy) is 1. The van der Waals surface area contributed by atoms with Gasteiger partial charge in [-0.15, -0.1) is 6.42 Å². The predicted octanol–water partition coefficient (Wildman–Crippen LogP) is -0.106. The molecule has 15 heavy (non-hydrogen) atoms. The first-order valence-corrected chi connectivity index (χ1v) is 5.35. The summed E-state index contributed by atoms with van der Waals surface area (Å²) in [5, 5.41) is 5.65. The Hall–Kier alpha value is -1.05. The normalized spacial score (nSPS) is 19.8. The fourth-order valence-corrected chi connectivity index (χ4v) is 1.56. The monoisotopic (exact) mass is 210 g/mol. The van der Waals surface area contributed by atoms with Crippen LogP contribution >= 0.6 is 0 Å². The van der Waals surface area contributed by atoms with Crippen LogP contribution < -0.4 is 10.6 Å². The molecular weight excluding hydrogens is 192 g/mol. The molecule has 1 saturated heterocycles. The highest BCUT2D eigenvalue weighted by molar-refractivity contribution is 5.77. The Labute approximate surface area is 90.8 Å². The van der Waals surface area contributed by atoms with Gasteiger partial charge in [0.2, 0.25) is 5.91 Å². The number of carbonyl (C=O) groups is 1. The van der Waals surface area contributed by atoms with E-state index in [2.05, 4.69) is 16.6 Å². The van der Waals surface area contributed by atoms with Crippen LogP contribution in [-0.4, -0.2) is 38.3 Å². The van der Waals surface area contributed by atoms with Gasteiger partial charge in [0.25, 0.3) is 0 Å². The van der Waals surface area contributed by atoms with E-state index in [9.17, 15) is 4.79 Å². The minimum Gasteiger partial charge on any atom is -0.378 e. The molecule has 1 heterocycles. The van der Waals surface area contributed by atoms with Gasteiger partial charge in [-0.3, -0.25) is 10.1 Å². The lowest BCUT2D eigenvalue weighted by molar-refractivity contribution is -0.120. The van der Waals surface area contributed by atoms with Crippen LogP contribution in [0, 0.1) is 12.3 Å². The zero-order valence-electron chi connectivity index (χ0n) is 8.92. The van der Waals surface area contributed by atoms with Crippen LogP contribution in [0.2, 0.25) is 0 Å². The second-order valence-corrected chi connectivity index (χ2v) is 3.58. The SMILES string of the molecule is C#CCNCC(=O)NCCC1CCCO1. The van der Waals surface area contributed by atoms with E-state index in [0.717, 1.165) is 25.9 Å². The van der Waals surface area contributed by atoms with Gasteiger partial charge in [-0.05, 0) is 19.3 Å². The van der Waals surface area contributed by atoms with Crippen LogP contribution in [0.5, 0.6) is 0 Å². The molecule has 1 aliphatic heterocycles. The summed E-state index contributed by atoms with van der Waals surface area (Å²) in [4.78, 5) is 11.2. The maximum absolute atomic E-state index is 11.2. The van der Waals surface area contributed by atoms with Crippen molar-refractivity contribution in [1.29, 1.82) is 0 Å². The number of amides is 1. The molecule has 0 bridgehead atoms. The number of nitrogens with one attached hydrogen (secondary N) is 2. The summed E-state index contributed by atoms with van der Waals surface area (Å²) in [6.45, 7) is 2.26. The lowest BCUT2D eigenvalue weighted by atomic mass is 10.2. The van der Waals surface area contributed by atoms with Crippen molar-refractivity contribution in [2.45, 2.75) is 25.4 Å². The van der Waals surface area contributed by atoms with Crippen LogP contribution in [0.3, 0.4) is 0 Å². The fourth-order valence-electron chi connectivity index (χ4n) is 1.56. The summed E-state index contributed by atoms with van der Waals surface area (Å²) in [7, 11) is 0. The molecule has 0 saturated carbocycles. The number of terminal acetylenes is 1. The van der Waals surface area contributed by atoms with Crippen molar-refractivity contribution in [2.24, 2.45) is 0 Å². The molecule has 2 N–H and O–H groups in total. The number of hydrogen-bond donors (Lipinski definition) is 2. The van der Waals surface area contributed by atoms with Crippen molar-refractivity contribution in [3.05, 3.63) is 0 Å². The van der Waals surface area contributed by atoms with Gasteiger partial charge in [-0.2, -0.15) is 0 Å². The Morgan fingerprint density at radius 1 is 1.60 bits per heavy atom. The molecule has 0 aromatic rings. The molecule has 1 rings (SSSR count). The summed E-state index contributed by atoms with van der Waals surface area (Å²) in [5.41, 5.74) is 0. The van der Waals surface area contributed by atoms with Crippen LogP contribution in [-0.2, 0) is 9.53 Å². The molecule has 0 spiro atoms. The maximum Gasteiger partial charge on any atom is 0.233 e. The summed E-state index contributed by atoms with van der Waals surface area (Å²) in [6, 6.07) is 0. The topological polar surface area (TPSA) is 50.4 Å². The van der Waals surface area contributed by atoms with Crippen molar-refractivity contribution >= 4 is 5.91 Å². The van der Waals surface area contributed by atoms with E-state index < -0.39 is 0 Å². The minimum absolute atomic E-state index is 0.0109. The molecular formula is C11H18N2O2. The Morgan fingerprint density at radius 3 is 3.13 bits per heavy atom. The molecule has 1 amide bonds. The van der Waals surface area contributed by atoms with Gasteiger partial charge in [0.05, 0.1) is 19.2 Å². The van der Waals surface area contributed by atoms with Crippen molar-refractivity contribution in [1.82, 2.24) is 10.6 Å². The maximum atomic E-state index is 11.2. The van der Waals surface area contributed by atoms with Gasteiger partial charge >= 0.3 is 0 Å². The third-order valence-electron chi connectivity index (χ3n) is 2.33. The van der Waals surface area contributed by atoms with Crippen LogP contribution in [0.15, 0.2) is 0 Å². The fraction of sp³-hybridized carbons (Fsp3) is 0.727. The highest BCUT2D eigenvalue weighted by Gasteiger charge is 2.14. The molecule has 0 aromatic heterocycles. The largest absolute Gasteiger partial charge is 0.378 e. The van der Waals surface area contributed by atoms with E-state index in [-0.39, 0.29) is 12.5 Å². The van der Waals surface area contributed by atoms with E-state index in [1.54, 1.807) is 0 Å². The summed E-state index contributed by atoms with van der Waals surface area (Å²) in [5.74, 6) is 2.40.